The van der Waals surface area contributed by atoms with Crippen molar-refractivity contribution in [3.05, 3.63) is 64.3 Å². The maximum absolute atomic E-state index is 11.6. The SMILES string of the molecule is O=C(OCc1ccccc1)n1cccc1[N+](=O)[O-]. The van der Waals surface area contributed by atoms with Crippen LogP contribution in [0, 0.1) is 10.1 Å². The van der Waals surface area contributed by atoms with Crippen LogP contribution in [-0.4, -0.2) is 15.6 Å². The molecule has 0 atom stereocenters. The zero-order valence-corrected chi connectivity index (χ0v) is 9.35. The van der Waals surface area contributed by atoms with Crippen LogP contribution < -0.4 is 0 Å². The molecule has 18 heavy (non-hydrogen) atoms. The largest absolute Gasteiger partial charge is 0.512 e. The van der Waals surface area contributed by atoms with E-state index in [1.54, 1.807) is 12.1 Å². The van der Waals surface area contributed by atoms with Crippen LogP contribution >= 0.6 is 0 Å². The van der Waals surface area contributed by atoms with Gasteiger partial charge in [0.15, 0.2) is 0 Å². The lowest BCUT2D eigenvalue weighted by Crippen LogP contribution is -2.14. The number of nitrogens with zero attached hydrogens (tertiary/aromatic N) is 2. The topological polar surface area (TPSA) is 74.4 Å². The maximum Gasteiger partial charge on any atom is 0.512 e. The summed E-state index contributed by atoms with van der Waals surface area (Å²) in [5.41, 5.74) is 0.820. The molecule has 1 aromatic heterocycles. The van der Waals surface area contributed by atoms with E-state index in [0.29, 0.717) is 0 Å². The van der Waals surface area contributed by atoms with Crippen LogP contribution in [0.4, 0.5) is 10.6 Å². The van der Waals surface area contributed by atoms with Gasteiger partial charge in [-0.05, 0) is 16.6 Å². The van der Waals surface area contributed by atoms with Crippen molar-refractivity contribution < 1.29 is 14.5 Å². The third-order valence-corrected chi connectivity index (χ3v) is 2.32. The van der Waals surface area contributed by atoms with Gasteiger partial charge in [0.1, 0.15) is 12.8 Å². The summed E-state index contributed by atoms with van der Waals surface area (Å²) in [5.74, 6) is -0.312. The molecule has 0 aliphatic heterocycles. The Balaban J connectivity index is 2.04. The molecule has 6 nitrogen and oxygen atoms in total. The fourth-order valence-corrected chi connectivity index (χ4v) is 1.46. The molecule has 0 N–H and O–H groups in total. The number of carbonyl (C=O) groups excluding carboxylic acids is 1. The summed E-state index contributed by atoms with van der Waals surface area (Å²) in [6.45, 7) is 0.0784. The van der Waals surface area contributed by atoms with Gasteiger partial charge in [0.25, 0.3) is 0 Å². The molecular formula is C12H10N2O4. The second kappa shape index (κ2) is 5.13. The molecule has 6 heteroatoms. The predicted octanol–water partition coefficient (Wildman–Crippen LogP) is 2.58. The molecule has 0 unspecified atom stereocenters. The Hall–Kier alpha value is -2.63. The minimum Gasteiger partial charge on any atom is -0.426 e. The van der Waals surface area contributed by atoms with Crippen LogP contribution in [0.5, 0.6) is 0 Å². The van der Waals surface area contributed by atoms with Crippen molar-refractivity contribution in [2.24, 2.45) is 0 Å². The summed E-state index contributed by atoms with van der Waals surface area (Å²) in [5, 5.41) is 10.6. The molecule has 0 radical (unpaired) electrons. The van der Waals surface area contributed by atoms with Crippen molar-refractivity contribution >= 4 is 11.9 Å². The molecular weight excluding hydrogens is 236 g/mol. The van der Waals surface area contributed by atoms with Crippen molar-refractivity contribution in [1.29, 1.82) is 0 Å². The summed E-state index contributed by atoms with van der Waals surface area (Å²) < 4.78 is 5.85. The van der Waals surface area contributed by atoms with Crippen molar-refractivity contribution in [3.63, 3.8) is 0 Å². The Bertz CT molecular complexity index is 562. The highest BCUT2D eigenvalue weighted by Gasteiger charge is 2.20. The minimum atomic E-state index is -0.768. The highest BCUT2D eigenvalue weighted by molar-refractivity contribution is 5.73. The third-order valence-electron chi connectivity index (χ3n) is 2.32. The summed E-state index contributed by atoms with van der Waals surface area (Å²) >= 11 is 0. The summed E-state index contributed by atoms with van der Waals surface area (Å²) in [6, 6.07) is 11.8. The third kappa shape index (κ3) is 2.54. The lowest BCUT2D eigenvalue weighted by molar-refractivity contribution is -0.390. The van der Waals surface area contributed by atoms with Gasteiger partial charge >= 0.3 is 11.9 Å². The quantitative estimate of drug-likeness (QED) is 0.616. The Kier molecular flexibility index (Phi) is 3.38. The first-order valence-corrected chi connectivity index (χ1v) is 5.21. The number of aromatic nitrogens is 1. The minimum absolute atomic E-state index is 0.0784. The number of nitro groups is 1. The normalized spacial score (nSPS) is 10.0. The number of ether oxygens (including phenoxy) is 1. The Labute approximate surface area is 103 Å². The molecule has 0 fully saturated rings. The maximum atomic E-state index is 11.6. The monoisotopic (exact) mass is 246 g/mol. The van der Waals surface area contributed by atoms with E-state index in [-0.39, 0.29) is 12.4 Å². The average Bonchev–Trinajstić information content (AvgIpc) is 2.86. The molecule has 0 saturated carbocycles. The van der Waals surface area contributed by atoms with E-state index in [1.807, 2.05) is 18.2 Å². The fraction of sp³-hybridized carbons (Fsp3) is 0.0833. The number of benzene rings is 1. The summed E-state index contributed by atoms with van der Waals surface area (Å²) in [7, 11) is 0. The molecule has 2 aromatic rings. The molecule has 0 amide bonds. The molecule has 0 bridgehead atoms. The van der Waals surface area contributed by atoms with Gasteiger partial charge in [0.2, 0.25) is 0 Å². The van der Waals surface area contributed by atoms with Crippen LogP contribution in [0.3, 0.4) is 0 Å². The number of hydrogen-bond acceptors (Lipinski definition) is 4. The highest BCUT2D eigenvalue weighted by atomic mass is 16.6. The van der Waals surface area contributed by atoms with Crippen LogP contribution in [0.25, 0.3) is 0 Å². The van der Waals surface area contributed by atoms with Crippen LogP contribution in [-0.2, 0) is 11.3 Å². The number of hydrogen-bond donors (Lipinski definition) is 0. The van der Waals surface area contributed by atoms with Crippen LogP contribution in [0.2, 0.25) is 0 Å². The predicted molar refractivity (Wildman–Crippen MR) is 63.1 cm³/mol. The van der Waals surface area contributed by atoms with E-state index in [0.717, 1.165) is 10.1 Å². The zero-order chi connectivity index (χ0) is 13.0. The van der Waals surface area contributed by atoms with E-state index >= 15 is 0 Å². The summed E-state index contributed by atoms with van der Waals surface area (Å²) in [4.78, 5) is 21.6. The van der Waals surface area contributed by atoms with E-state index in [2.05, 4.69) is 0 Å². The molecule has 0 aliphatic rings. The molecule has 0 spiro atoms. The second-order valence-electron chi connectivity index (χ2n) is 3.53. The van der Waals surface area contributed by atoms with Gasteiger partial charge < -0.3 is 14.9 Å². The zero-order valence-electron chi connectivity index (χ0n) is 9.35. The lowest BCUT2D eigenvalue weighted by atomic mass is 10.2. The first-order valence-electron chi connectivity index (χ1n) is 5.21. The molecule has 0 aliphatic carbocycles. The molecule has 1 aromatic carbocycles. The van der Waals surface area contributed by atoms with E-state index in [9.17, 15) is 14.9 Å². The fourth-order valence-electron chi connectivity index (χ4n) is 1.46. The van der Waals surface area contributed by atoms with Gasteiger partial charge in [-0.3, -0.25) is 0 Å². The Morgan fingerprint density at radius 1 is 1.22 bits per heavy atom. The average molecular weight is 246 g/mol. The van der Waals surface area contributed by atoms with Gasteiger partial charge in [-0.2, -0.15) is 4.79 Å². The van der Waals surface area contributed by atoms with Gasteiger partial charge in [0, 0.05) is 6.07 Å². The van der Waals surface area contributed by atoms with Gasteiger partial charge in [0.05, 0.1) is 0 Å². The van der Waals surface area contributed by atoms with E-state index in [1.165, 1.54) is 18.3 Å². The molecule has 92 valence electrons. The van der Waals surface area contributed by atoms with Crippen molar-refractivity contribution in [1.82, 2.24) is 4.57 Å². The van der Waals surface area contributed by atoms with Gasteiger partial charge in [-0.25, -0.2) is 0 Å². The van der Waals surface area contributed by atoms with Crippen LogP contribution in [0.15, 0.2) is 48.7 Å². The molecule has 0 saturated heterocycles. The Morgan fingerprint density at radius 3 is 2.61 bits per heavy atom. The Morgan fingerprint density at radius 2 is 1.94 bits per heavy atom. The second-order valence-corrected chi connectivity index (χ2v) is 3.53. The smallest absolute Gasteiger partial charge is 0.426 e. The standard InChI is InChI=1S/C12H10N2O4/c15-12(13-8-4-7-11(13)14(16)17)18-9-10-5-2-1-3-6-10/h1-8H,9H2. The summed E-state index contributed by atoms with van der Waals surface area (Å²) in [6.07, 6.45) is 0.529. The van der Waals surface area contributed by atoms with Crippen molar-refractivity contribution in [2.45, 2.75) is 6.61 Å². The number of rotatable bonds is 3. The lowest BCUT2D eigenvalue weighted by Gasteiger charge is -2.03. The first-order chi connectivity index (χ1) is 8.68. The molecule has 2 rings (SSSR count). The van der Waals surface area contributed by atoms with Gasteiger partial charge in [-0.1, -0.05) is 30.3 Å². The van der Waals surface area contributed by atoms with Crippen molar-refractivity contribution in [2.75, 3.05) is 0 Å². The van der Waals surface area contributed by atoms with E-state index < -0.39 is 11.0 Å². The highest BCUT2D eigenvalue weighted by Crippen LogP contribution is 2.13. The van der Waals surface area contributed by atoms with E-state index in [4.69, 9.17) is 4.74 Å². The first kappa shape index (κ1) is 11.8. The van der Waals surface area contributed by atoms with Crippen molar-refractivity contribution in [3.8, 4) is 0 Å². The van der Waals surface area contributed by atoms with Crippen LogP contribution in [0.1, 0.15) is 5.56 Å². The molecule has 1 heterocycles. The van der Waals surface area contributed by atoms with Gasteiger partial charge in [-0.15, -0.1) is 4.57 Å². The number of carbonyl (C=O) groups is 1.